The van der Waals surface area contributed by atoms with Crippen LogP contribution in [0.4, 0.5) is 0 Å². The van der Waals surface area contributed by atoms with Crippen molar-refractivity contribution in [3.63, 3.8) is 0 Å². The van der Waals surface area contributed by atoms with Gasteiger partial charge in [0.25, 0.3) is 0 Å². The highest BCUT2D eigenvalue weighted by atomic mass is 14.4. The first-order chi connectivity index (χ1) is 12.4. The van der Waals surface area contributed by atoms with E-state index in [0.717, 1.165) is 0 Å². The molecule has 25 heavy (non-hydrogen) atoms. The highest BCUT2D eigenvalue weighted by Gasteiger charge is 2.49. The van der Waals surface area contributed by atoms with Crippen molar-refractivity contribution in [3.8, 4) is 0 Å². The Morgan fingerprint density at radius 1 is 0.280 bits per heavy atom. The average molecular weight is 343 g/mol. The van der Waals surface area contributed by atoms with Gasteiger partial charge in [-0.25, -0.2) is 0 Å². The first-order valence-corrected chi connectivity index (χ1v) is 12.6. The summed E-state index contributed by atoms with van der Waals surface area (Å²) in [6.45, 7) is 0. The zero-order valence-corrected chi connectivity index (χ0v) is 17.0. The second-order valence-electron chi connectivity index (χ2n) is 10.7. The van der Waals surface area contributed by atoms with E-state index in [0.29, 0.717) is 0 Å². The van der Waals surface area contributed by atoms with E-state index < -0.39 is 0 Å². The van der Waals surface area contributed by atoms with Gasteiger partial charge in [-0.15, -0.1) is 0 Å². The van der Waals surface area contributed by atoms with Gasteiger partial charge in [0.15, 0.2) is 0 Å². The van der Waals surface area contributed by atoms with E-state index in [4.69, 9.17) is 0 Å². The SMILES string of the molecule is C1CCC([B-](C2CCCCC2)(C2CCCCC2)C2CCCCC2)CC1. The van der Waals surface area contributed by atoms with Gasteiger partial charge in [0, 0.05) is 6.15 Å². The van der Waals surface area contributed by atoms with Crippen LogP contribution in [0, 0.1) is 0 Å². The molecule has 0 amide bonds. The maximum atomic E-state index is 1.63. The highest BCUT2D eigenvalue weighted by Crippen LogP contribution is 2.63. The van der Waals surface area contributed by atoms with Crippen LogP contribution in [-0.4, -0.2) is 6.15 Å². The number of rotatable bonds is 4. The van der Waals surface area contributed by atoms with Gasteiger partial charge in [0.05, 0.1) is 0 Å². The zero-order chi connectivity index (χ0) is 17.0. The highest BCUT2D eigenvalue weighted by molar-refractivity contribution is 6.85. The van der Waals surface area contributed by atoms with Crippen LogP contribution in [0.15, 0.2) is 0 Å². The molecule has 0 aliphatic heterocycles. The third-order valence-electron chi connectivity index (χ3n) is 9.87. The van der Waals surface area contributed by atoms with Crippen molar-refractivity contribution in [2.24, 2.45) is 0 Å². The lowest BCUT2D eigenvalue weighted by atomic mass is 9.01. The molecule has 4 fully saturated rings. The molecule has 0 saturated heterocycles. The standard InChI is InChI=1S/C24H44B/c1-5-13-21(14-6-1)25(22-15-7-2-8-16-22,23-17-9-3-10-18-23)24-19-11-4-12-20-24/h21-24H,1-20H2/q-1. The van der Waals surface area contributed by atoms with Gasteiger partial charge in [-0.1, -0.05) is 128 Å². The molecule has 4 rings (SSSR count). The van der Waals surface area contributed by atoms with Crippen molar-refractivity contribution in [1.29, 1.82) is 0 Å². The van der Waals surface area contributed by atoms with Gasteiger partial charge in [-0.3, -0.25) is 0 Å². The lowest BCUT2D eigenvalue weighted by Crippen LogP contribution is -2.55. The van der Waals surface area contributed by atoms with Crippen molar-refractivity contribution in [1.82, 2.24) is 0 Å². The van der Waals surface area contributed by atoms with Gasteiger partial charge >= 0.3 is 0 Å². The maximum absolute atomic E-state index is 1.63. The third-order valence-corrected chi connectivity index (χ3v) is 9.87. The van der Waals surface area contributed by atoms with Crippen LogP contribution in [0.3, 0.4) is 0 Å². The van der Waals surface area contributed by atoms with E-state index in [-0.39, 0.29) is 6.15 Å². The third kappa shape index (κ3) is 3.73. The summed E-state index contributed by atoms with van der Waals surface area (Å²) in [7, 11) is 0. The van der Waals surface area contributed by atoms with Crippen LogP contribution in [-0.2, 0) is 0 Å². The molecule has 0 aromatic heterocycles. The van der Waals surface area contributed by atoms with E-state index >= 15 is 0 Å². The van der Waals surface area contributed by atoms with Crippen molar-refractivity contribution in [2.45, 2.75) is 152 Å². The topological polar surface area (TPSA) is 0 Å². The number of hydrogen-bond donors (Lipinski definition) is 0. The zero-order valence-electron chi connectivity index (χ0n) is 17.0. The molecule has 4 saturated carbocycles. The van der Waals surface area contributed by atoms with Crippen molar-refractivity contribution in [3.05, 3.63) is 0 Å². The van der Waals surface area contributed by atoms with Gasteiger partial charge in [-0.05, 0) is 0 Å². The normalized spacial score (nSPS) is 29.8. The van der Waals surface area contributed by atoms with Gasteiger partial charge in [0.2, 0.25) is 0 Å². The molecule has 4 aliphatic carbocycles. The minimum atomic E-state index is -0.108. The first kappa shape index (κ1) is 18.4. The minimum absolute atomic E-state index is 0.108. The van der Waals surface area contributed by atoms with Gasteiger partial charge < -0.3 is 0 Å². The molecular weight excluding hydrogens is 299 g/mol. The summed E-state index contributed by atoms with van der Waals surface area (Å²) in [5.41, 5.74) is 0. The summed E-state index contributed by atoms with van der Waals surface area (Å²) >= 11 is 0. The van der Waals surface area contributed by atoms with E-state index in [1.54, 1.807) is 128 Å². The summed E-state index contributed by atoms with van der Waals surface area (Å²) < 4.78 is 0. The van der Waals surface area contributed by atoms with E-state index in [9.17, 15) is 0 Å². The Hall–Kier alpha value is 0.0649. The molecular formula is C24H44B-. The van der Waals surface area contributed by atoms with Crippen LogP contribution < -0.4 is 0 Å². The molecule has 0 aromatic rings. The molecule has 0 N–H and O–H groups in total. The Labute approximate surface area is 158 Å². The van der Waals surface area contributed by atoms with Gasteiger partial charge in [-0.2, -0.15) is 23.3 Å². The minimum Gasteiger partial charge on any atom is -0.166 e. The van der Waals surface area contributed by atoms with E-state index in [1.807, 2.05) is 0 Å². The summed E-state index contributed by atoms with van der Waals surface area (Å²) in [4.78, 5) is 0. The van der Waals surface area contributed by atoms with Crippen molar-refractivity contribution >= 4 is 6.15 Å². The largest absolute Gasteiger partial charge is 0.166 e. The molecule has 0 spiro atoms. The first-order valence-electron chi connectivity index (χ1n) is 12.6. The fourth-order valence-corrected chi connectivity index (χ4v) is 9.16. The molecule has 4 aliphatic rings. The van der Waals surface area contributed by atoms with Crippen LogP contribution in [0.25, 0.3) is 0 Å². The van der Waals surface area contributed by atoms with E-state index in [2.05, 4.69) is 0 Å². The summed E-state index contributed by atoms with van der Waals surface area (Å²) in [6.07, 6.45) is 31.7. The quantitative estimate of drug-likeness (QED) is 0.447. The molecule has 0 bridgehead atoms. The molecule has 0 nitrogen and oxygen atoms in total. The van der Waals surface area contributed by atoms with Crippen LogP contribution in [0.1, 0.15) is 128 Å². The van der Waals surface area contributed by atoms with Crippen molar-refractivity contribution < 1.29 is 0 Å². The maximum Gasteiger partial charge on any atom is 0.0131 e. The Morgan fingerprint density at radius 3 is 0.680 bits per heavy atom. The smallest absolute Gasteiger partial charge is 0.0131 e. The fourth-order valence-electron chi connectivity index (χ4n) is 9.16. The summed E-state index contributed by atoms with van der Waals surface area (Å²) in [5, 5.41) is 0. The monoisotopic (exact) mass is 343 g/mol. The molecule has 0 atom stereocenters. The molecule has 0 heterocycles. The van der Waals surface area contributed by atoms with Crippen molar-refractivity contribution in [2.75, 3.05) is 0 Å². The van der Waals surface area contributed by atoms with Gasteiger partial charge in [0.1, 0.15) is 0 Å². The molecule has 0 unspecified atom stereocenters. The molecule has 144 valence electrons. The second-order valence-corrected chi connectivity index (χ2v) is 10.7. The molecule has 1 heteroatoms. The fraction of sp³-hybridized carbons (Fsp3) is 1.00. The Morgan fingerprint density at radius 2 is 0.480 bits per heavy atom. The number of hydrogen-bond acceptors (Lipinski definition) is 0. The predicted octanol–water partition coefficient (Wildman–Crippen LogP) is 8.77. The Kier molecular flexibility index (Phi) is 6.51. The second kappa shape index (κ2) is 8.84. The Balaban J connectivity index is 1.70. The predicted molar refractivity (Wildman–Crippen MR) is 113 cm³/mol. The lowest BCUT2D eigenvalue weighted by Gasteiger charge is -2.65. The molecule has 0 aromatic carbocycles. The van der Waals surface area contributed by atoms with Crippen LogP contribution in [0.5, 0.6) is 0 Å². The Bertz CT molecular complexity index is 301. The summed E-state index contributed by atoms with van der Waals surface area (Å²) in [6, 6.07) is 0. The molecule has 0 radical (unpaired) electrons. The van der Waals surface area contributed by atoms with E-state index in [1.165, 1.54) is 23.3 Å². The lowest BCUT2D eigenvalue weighted by molar-refractivity contribution is 0.382. The summed E-state index contributed by atoms with van der Waals surface area (Å²) in [5.74, 6) is 4.68. The van der Waals surface area contributed by atoms with Crippen LogP contribution in [0.2, 0.25) is 23.3 Å². The average Bonchev–Trinajstić information content (AvgIpc) is 2.72. The van der Waals surface area contributed by atoms with Crippen LogP contribution >= 0.6 is 0 Å².